The van der Waals surface area contributed by atoms with Gasteiger partial charge in [0, 0.05) is 9.75 Å². The molecule has 0 bridgehead atoms. The summed E-state index contributed by atoms with van der Waals surface area (Å²) in [5, 5.41) is 5.82. The predicted octanol–water partition coefficient (Wildman–Crippen LogP) is 3.86. The van der Waals surface area contributed by atoms with Crippen LogP contribution in [0.5, 0.6) is 0 Å². The molecule has 100 valence electrons. The maximum Gasteiger partial charge on any atom is 0.280 e. The summed E-state index contributed by atoms with van der Waals surface area (Å²) < 4.78 is 0. The third-order valence-electron chi connectivity index (χ3n) is 3.11. The summed E-state index contributed by atoms with van der Waals surface area (Å²) in [5.41, 5.74) is 2.21. The van der Waals surface area contributed by atoms with E-state index in [-0.39, 0.29) is 5.91 Å². The highest BCUT2D eigenvalue weighted by Crippen LogP contribution is 2.26. The lowest BCUT2D eigenvalue weighted by Gasteiger charge is -2.10. The minimum absolute atomic E-state index is 0.0697. The zero-order valence-corrected chi connectivity index (χ0v) is 12.1. The Bertz CT molecular complexity index is 713. The van der Waals surface area contributed by atoms with Gasteiger partial charge < -0.3 is 0 Å². The van der Waals surface area contributed by atoms with Gasteiger partial charge in [-0.15, -0.1) is 11.3 Å². The summed E-state index contributed by atoms with van der Waals surface area (Å²) in [5.74, 6) is -0.0697. The molecular formula is C16H14N2OS. The molecule has 0 spiro atoms. The second kappa shape index (κ2) is 5.06. The molecule has 1 amide bonds. The Labute approximate surface area is 121 Å². The van der Waals surface area contributed by atoms with Gasteiger partial charge in [0.25, 0.3) is 5.91 Å². The first-order chi connectivity index (χ1) is 9.65. The second-order valence-corrected chi connectivity index (χ2v) is 5.96. The molecule has 1 aromatic heterocycles. The van der Waals surface area contributed by atoms with Gasteiger partial charge in [-0.1, -0.05) is 18.2 Å². The molecule has 3 rings (SSSR count). The third kappa shape index (κ3) is 2.30. The van der Waals surface area contributed by atoms with Crippen molar-refractivity contribution in [3.63, 3.8) is 0 Å². The normalized spacial score (nSPS) is 16.9. The van der Waals surface area contributed by atoms with Crippen molar-refractivity contribution in [1.29, 1.82) is 0 Å². The van der Waals surface area contributed by atoms with Crippen LogP contribution in [0.1, 0.15) is 16.7 Å². The maximum atomic E-state index is 12.5. The minimum Gasteiger partial charge on any atom is -0.267 e. The van der Waals surface area contributed by atoms with E-state index in [1.54, 1.807) is 11.3 Å². The van der Waals surface area contributed by atoms with Crippen LogP contribution in [0.3, 0.4) is 0 Å². The predicted molar refractivity (Wildman–Crippen MR) is 84.1 cm³/mol. The van der Waals surface area contributed by atoms with Gasteiger partial charge in [-0.25, -0.2) is 0 Å². The number of anilines is 1. The van der Waals surface area contributed by atoms with Gasteiger partial charge in [0.2, 0.25) is 0 Å². The monoisotopic (exact) mass is 282 g/mol. The number of benzene rings is 1. The molecule has 1 aliphatic rings. The number of para-hydroxylation sites is 1. The van der Waals surface area contributed by atoms with Gasteiger partial charge >= 0.3 is 0 Å². The van der Waals surface area contributed by atoms with E-state index >= 15 is 0 Å². The quantitative estimate of drug-likeness (QED) is 0.770. The molecule has 0 saturated heterocycles. The van der Waals surface area contributed by atoms with E-state index in [2.05, 4.69) is 18.1 Å². The maximum absolute atomic E-state index is 12.5. The highest BCUT2D eigenvalue weighted by atomic mass is 32.1. The van der Waals surface area contributed by atoms with E-state index in [1.165, 1.54) is 9.89 Å². The molecule has 2 aromatic rings. The fourth-order valence-electron chi connectivity index (χ4n) is 2.10. The van der Waals surface area contributed by atoms with Crippen LogP contribution in [-0.2, 0) is 4.79 Å². The van der Waals surface area contributed by atoms with Crippen LogP contribution in [0.2, 0.25) is 0 Å². The summed E-state index contributed by atoms with van der Waals surface area (Å²) in [6.07, 6.45) is 1.92. The number of carbonyl (C=O) groups excluding carboxylic acids is 1. The summed E-state index contributed by atoms with van der Waals surface area (Å²) in [6.45, 7) is 3.92. The number of rotatable bonds is 2. The van der Waals surface area contributed by atoms with Crippen molar-refractivity contribution in [3.05, 3.63) is 57.8 Å². The van der Waals surface area contributed by atoms with Gasteiger partial charge in [0.1, 0.15) is 0 Å². The van der Waals surface area contributed by atoms with Crippen molar-refractivity contribution in [2.45, 2.75) is 13.8 Å². The molecule has 1 aliphatic heterocycles. The van der Waals surface area contributed by atoms with Crippen molar-refractivity contribution >= 4 is 34.7 Å². The van der Waals surface area contributed by atoms with Crippen molar-refractivity contribution in [2.24, 2.45) is 5.10 Å². The molecule has 0 atom stereocenters. The number of aryl methyl sites for hydroxylation is 1. The van der Waals surface area contributed by atoms with E-state index in [0.717, 1.165) is 16.3 Å². The Kier molecular flexibility index (Phi) is 3.24. The first-order valence-electron chi connectivity index (χ1n) is 6.38. The Hall–Kier alpha value is -2.20. The lowest BCUT2D eigenvalue weighted by atomic mass is 10.1. The molecule has 0 saturated carbocycles. The molecule has 0 N–H and O–H groups in total. The molecular weight excluding hydrogens is 268 g/mol. The van der Waals surface area contributed by atoms with Gasteiger partial charge in [-0.2, -0.15) is 10.1 Å². The average Bonchev–Trinajstić information content (AvgIpc) is 2.98. The van der Waals surface area contributed by atoms with Crippen molar-refractivity contribution in [1.82, 2.24) is 0 Å². The number of carbonyl (C=O) groups is 1. The van der Waals surface area contributed by atoms with Crippen LogP contribution < -0.4 is 5.01 Å². The van der Waals surface area contributed by atoms with Crippen molar-refractivity contribution in [2.75, 3.05) is 5.01 Å². The number of nitrogens with zero attached hydrogens (tertiary/aromatic N) is 2. The third-order valence-corrected chi connectivity index (χ3v) is 4.06. The zero-order chi connectivity index (χ0) is 14.1. The van der Waals surface area contributed by atoms with E-state index in [0.29, 0.717) is 5.57 Å². The second-order valence-electron chi connectivity index (χ2n) is 4.64. The summed E-state index contributed by atoms with van der Waals surface area (Å²) >= 11 is 1.67. The Balaban J connectivity index is 1.95. The van der Waals surface area contributed by atoms with Crippen LogP contribution in [0, 0.1) is 6.92 Å². The molecule has 1 aromatic carbocycles. The highest BCUT2D eigenvalue weighted by molar-refractivity contribution is 7.12. The largest absolute Gasteiger partial charge is 0.280 e. The van der Waals surface area contributed by atoms with Crippen LogP contribution in [-0.4, -0.2) is 11.6 Å². The number of hydrogen-bond donors (Lipinski definition) is 0. The summed E-state index contributed by atoms with van der Waals surface area (Å²) in [7, 11) is 0. The molecule has 0 aliphatic carbocycles. The van der Waals surface area contributed by atoms with E-state index in [9.17, 15) is 4.79 Å². The van der Waals surface area contributed by atoms with E-state index in [4.69, 9.17) is 0 Å². The molecule has 20 heavy (non-hydrogen) atoms. The van der Waals surface area contributed by atoms with Gasteiger partial charge in [0.05, 0.1) is 17.0 Å². The van der Waals surface area contributed by atoms with Gasteiger partial charge in [-0.3, -0.25) is 4.79 Å². The van der Waals surface area contributed by atoms with Crippen LogP contribution in [0.15, 0.2) is 53.1 Å². The number of hydrazone groups is 1. The smallest absolute Gasteiger partial charge is 0.267 e. The summed E-state index contributed by atoms with van der Waals surface area (Å²) in [6, 6.07) is 13.6. The number of amides is 1. The van der Waals surface area contributed by atoms with Crippen LogP contribution >= 0.6 is 11.3 Å². The first-order valence-corrected chi connectivity index (χ1v) is 7.20. The average molecular weight is 282 g/mol. The molecule has 0 unspecified atom stereocenters. The first kappa shape index (κ1) is 12.8. The number of thiophene rings is 1. The zero-order valence-electron chi connectivity index (χ0n) is 11.3. The molecule has 2 heterocycles. The fourth-order valence-corrected chi connectivity index (χ4v) is 2.92. The van der Waals surface area contributed by atoms with E-state index < -0.39 is 0 Å². The lowest BCUT2D eigenvalue weighted by Crippen LogP contribution is -2.21. The van der Waals surface area contributed by atoms with Crippen molar-refractivity contribution in [3.8, 4) is 0 Å². The van der Waals surface area contributed by atoms with Crippen LogP contribution in [0.25, 0.3) is 6.08 Å². The minimum atomic E-state index is -0.0697. The van der Waals surface area contributed by atoms with E-state index in [1.807, 2.05) is 49.4 Å². The fraction of sp³-hybridized carbons (Fsp3) is 0.125. The van der Waals surface area contributed by atoms with Crippen molar-refractivity contribution < 1.29 is 4.79 Å². The number of hydrogen-bond acceptors (Lipinski definition) is 3. The lowest BCUT2D eigenvalue weighted by molar-refractivity contribution is -0.114. The standard InChI is InChI=1S/C16H14N2OS/c1-11-8-9-14(20-11)10-15-12(2)17-18(16(15)19)13-6-4-3-5-7-13/h3-10H,1-2H3. The molecule has 0 fully saturated rings. The Morgan fingerprint density at radius 2 is 1.85 bits per heavy atom. The molecule has 4 heteroatoms. The topological polar surface area (TPSA) is 32.7 Å². The Morgan fingerprint density at radius 1 is 1.10 bits per heavy atom. The van der Waals surface area contributed by atoms with Gasteiger partial charge in [-0.05, 0) is 44.2 Å². The Morgan fingerprint density at radius 3 is 2.50 bits per heavy atom. The van der Waals surface area contributed by atoms with Gasteiger partial charge in [0.15, 0.2) is 0 Å². The van der Waals surface area contributed by atoms with Crippen LogP contribution in [0.4, 0.5) is 5.69 Å². The SMILES string of the molecule is CC1=NN(c2ccccc2)C(=O)C1=Cc1ccc(C)s1. The highest BCUT2D eigenvalue weighted by Gasteiger charge is 2.28. The summed E-state index contributed by atoms with van der Waals surface area (Å²) in [4.78, 5) is 14.8. The molecule has 0 radical (unpaired) electrons. The molecule has 3 nitrogen and oxygen atoms in total.